The predicted molar refractivity (Wildman–Crippen MR) is 64.3 cm³/mol. The highest BCUT2D eigenvalue weighted by molar-refractivity contribution is 7.09. The highest BCUT2D eigenvalue weighted by atomic mass is 32.1. The molecule has 2 aromatic heterocycles. The van der Waals surface area contributed by atoms with Crippen molar-refractivity contribution in [2.45, 2.75) is 26.4 Å². The van der Waals surface area contributed by atoms with Gasteiger partial charge in [-0.2, -0.15) is 5.10 Å². The van der Waals surface area contributed by atoms with E-state index >= 15 is 0 Å². The molecule has 3 nitrogen and oxygen atoms in total. The fourth-order valence-electron chi connectivity index (χ4n) is 1.46. The maximum Gasteiger partial charge on any atom is 0.124 e. The van der Waals surface area contributed by atoms with Crippen LogP contribution < -0.4 is 5.32 Å². The molecule has 0 aliphatic heterocycles. The number of nitrogens with zero attached hydrogens (tertiary/aromatic N) is 2. The molecule has 2 heterocycles. The van der Waals surface area contributed by atoms with E-state index in [4.69, 9.17) is 0 Å². The number of rotatable bonds is 4. The van der Waals surface area contributed by atoms with Crippen LogP contribution in [0.5, 0.6) is 0 Å². The fraction of sp³-hybridized carbons (Fsp3) is 0.364. The Morgan fingerprint density at radius 2 is 2.33 bits per heavy atom. The van der Waals surface area contributed by atoms with Gasteiger partial charge in [0, 0.05) is 17.0 Å². The molecular formula is C11H15N3S. The molecule has 0 atom stereocenters. The van der Waals surface area contributed by atoms with Gasteiger partial charge in [-0.1, -0.05) is 6.07 Å². The Morgan fingerprint density at radius 3 is 3.00 bits per heavy atom. The Labute approximate surface area is 93.7 Å². The molecule has 0 saturated carbocycles. The third-order valence-electron chi connectivity index (χ3n) is 2.18. The maximum atomic E-state index is 4.27. The van der Waals surface area contributed by atoms with Gasteiger partial charge in [0.15, 0.2) is 0 Å². The number of thiophene rings is 1. The van der Waals surface area contributed by atoms with Crippen LogP contribution >= 0.6 is 11.3 Å². The van der Waals surface area contributed by atoms with Crippen molar-refractivity contribution in [3.8, 4) is 0 Å². The normalized spacial score (nSPS) is 10.9. The fourth-order valence-corrected chi connectivity index (χ4v) is 2.10. The molecule has 0 spiro atoms. The number of nitrogens with one attached hydrogen (secondary N) is 1. The van der Waals surface area contributed by atoms with Crippen molar-refractivity contribution in [3.63, 3.8) is 0 Å². The van der Waals surface area contributed by atoms with E-state index in [1.807, 2.05) is 16.9 Å². The molecule has 0 aliphatic rings. The lowest BCUT2D eigenvalue weighted by atomic mass is 10.4. The summed E-state index contributed by atoms with van der Waals surface area (Å²) >= 11 is 1.77. The Hall–Kier alpha value is -1.29. The average Bonchev–Trinajstić information content (AvgIpc) is 2.86. The first-order chi connectivity index (χ1) is 7.27. The Morgan fingerprint density at radius 1 is 1.47 bits per heavy atom. The number of anilines is 1. The second-order valence-corrected chi connectivity index (χ2v) is 4.72. The van der Waals surface area contributed by atoms with E-state index in [2.05, 4.69) is 41.8 Å². The van der Waals surface area contributed by atoms with Crippen LogP contribution in [0.4, 0.5) is 5.82 Å². The molecule has 0 bridgehead atoms. The minimum atomic E-state index is 0.394. The lowest BCUT2D eigenvalue weighted by molar-refractivity contribution is 0.537. The quantitative estimate of drug-likeness (QED) is 0.859. The summed E-state index contributed by atoms with van der Waals surface area (Å²) in [6.45, 7) is 5.13. The highest BCUT2D eigenvalue weighted by Crippen LogP contribution is 2.15. The van der Waals surface area contributed by atoms with Gasteiger partial charge >= 0.3 is 0 Å². The molecule has 0 aromatic carbocycles. The van der Waals surface area contributed by atoms with Crippen molar-refractivity contribution in [2.24, 2.45) is 0 Å². The van der Waals surface area contributed by atoms with E-state index in [1.54, 1.807) is 11.3 Å². The first-order valence-electron chi connectivity index (χ1n) is 5.07. The van der Waals surface area contributed by atoms with Crippen LogP contribution in [0.25, 0.3) is 0 Å². The third-order valence-corrected chi connectivity index (χ3v) is 3.06. The molecule has 2 rings (SSSR count). The molecule has 4 heteroatoms. The summed E-state index contributed by atoms with van der Waals surface area (Å²) in [4.78, 5) is 1.34. The van der Waals surface area contributed by atoms with E-state index in [0.717, 1.165) is 12.4 Å². The van der Waals surface area contributed by atoms with Gasteiger partial charge < -0.3 is 5.32 Å². The van der Waals surface area contributed by atoms with Gasteiger partial charge in [0.25, 0.3) is 0 Å². The first kappa shape index (κ1) is 10.2. The second kappa shape index (κ2) is 4.49. The van der Waals surface area contributed by atoms with Gasteiger partial charge in [0.2, 0.25) is 0 Å². The van der Waals surface area contributed by atoms with Gasteiger partial charge in [-0.15, -0.1) is 11.3 Å². The summed E-state index contributed by atoms with van der Waals surface area (Å²) in [5.41, 5.74) is 0. The largest absolute Gasteiger partial charge is 0.365 e. The van der Waals surface area contributed by atoms with Crippen molar-refractivity contribution in [2.75, 3.05) is 5.32 Å². The lowest BCUT2D eigenvalue weighted by Crippen LogP contribution is -2.09. The first-order valence-corrected chi connectivity index (χ1v) is 5.95. The molecule has 0 radical (unpaired) electrons. The van der Waals surface area contributed by atoms with E-state index in [1.165, 1.54) is 4.88 Å². The van der Waals surface area contributed by atoms with Crippen LogP contribution in [0.2, 0.25) is 0 Å². The van der Waals surface area contributed by atoms with Gasteiger partial charge in [-0.25, -0.2) is 4.68 Å². The van der Waals surface area contributed by atoms with E-state index in [0.29, 0.717) is 6.04 Å². The van der Waals surface area contributed by atoms with Gasteiger partial charge in [-0.05, 0) is 25.3 Å². The zero-order chi connectivity index (χ0) is 10.7. The molecule has 2 aromatic rings. The molecular weight excluding hydrogens is 206 g/mol. The minimum Gasteiger partial charge on any atom is -0.365 e. The number of hydrogen-bond donors (Lipinski definition) is 1. The topological polar surface area (TPSA) is 29.9 Å². The Kier molecular flexibility index (Phi) is 3.06. The highest BCUT2D eigenvalue weighted by Gasteiger charge is 2.04. The summed E-state index contributed by atoms with van der Waals surface area (Å²) in [6, 6.07) is 6.61. The molecule has 0 saturated heterocycles. The van der Waals surface area contributed by atoms with Crippen LogP contribution in [-0.2, 0) is 6.54 Å². The lowest BCUT2D eigenvalue weighted by Gasteiger charge is -2.11. The monoisotopic (exact) mass is 221 g/mol. The average molecular weight is 221 g/mol. The molecule has 15 heavy (non-hydrogen) atoms. The molecule has 1 N–H and O–H groups in total. The summed E-state index contributed by atoms with van der Waals surface area (Å²) in [5.74, 6) is 1.08. The molecule has 0 fully saturated rings. The van der Waals surface area contributed by atoms with Crippen LogP contribution in [0.1, 0.15) is 24.8 Å². The van der Waals surface area contributed by atoms with Gasteiger partial charge in [-0.3, -0.25) is 0 Å². The van der Waals surface area contributed by atoms with E-state index < -0.39 is 0 Å². The summed E-state index contributed by atoms with van der Waals surface area (Å²) in [5, 5.41) is 9.76. The van der Waals surface area contributed by atoms with Gasteiger partial charge in [0.1, 0.15) is 5.82 Å². The molecule has 80 valence electrons. The van der Waals surface area contributed by atoms with E-state index in [9.17, 15) is 0 Å². The number of hydrogen-bond acceptors (Lipinski definition) is 3. The van der Waals surface area contributed by atoms with Crippen molar-refractivity contribution in [3.05, 3.63) is 34.7 Å². The summed E-state index contributed by atoms with van der Waals surface area (Å²) in [6.07, 6.45) is 1.83. The second-order valence-electron chi connectivity index (χ2n) is 3.69. The van der Waals surface area contributed by atoms with Gasteiger partial charge in [0.05, 0.1) is 12.7 Å². The zero-order valence-electron chi connectivity index (χ0n) is 8.97. The standard InChI is InChI=1S/C11H15N3S/c1-9(2)14-11(5-6-13-14)12-8-10-4-3-7-15-10/h3-7,9,12H,8H2,1-2H3. The predicted octanol–water partition coefficient (Wildman–Crippen LogP) is 3.14. The SMILES string of the molecule is CC(C)n1nccc1NCc1cccs1. The van der Waals surface area contributed by atoms with E-state index in [-0.39, 0.29) is 0 Å². The Bertz CT molecular complexity index is 403. The molecule has 0 amide bonds. The Balaban J connectivity index is 2.02. The van der Waals surface area contributed by atoms with Crippen molar-refractivity contribution in [1.82, 2.24) is 9.78 Å². The summed E-state index contributed by atoms with van der Waals surface area (Å²) < 4.78 is 1.99. The van der Waals surface area contributed by atoms with Crippen molar-refractivity contribution in [1.29, 1.82) is 0 Å². The molecule has 0 aliphatic carbocycles. The van der Waals surface area contributed by atoms with Crippen molar-refractivity contribution >= 4 is 17.2 Å². The van der Waals surface area contributed by atoms with Crippen LogP contribution in [-0.4, -0.2) is 9.78 Å². The number of aromatic nitrogens is 2. The third kappa shape index (κ3) is 2.39. The van der Waals surface area contributed by atoms with Crippen LogP contribution in [0.15, 0.2) is 29.8 Å². The minimum absolute atomic E-state index is 0.394. The van der Waals surface area contributed by atoms with Crippen LogP contribution in [0.3, 0.4) is 0 Å². The summed E-state index contributed by atoms with van der Waals surface area (Å²) in [7, 11) is 0. The zero-order valence-corrected chi connectivity index (χ0v) is 9.79. The maximum absolute atomic E-state index is 4.27. The van der Waals surface area contributed by atoms with Crippen LogP contribution in [0, 0.1) is 0 Å². The smallest absolute Gasteiger partial charge is 0.124 e. The molecule has 0 unspecified atom stereocenters. The van der Waals surface area contributed by atoms with Crippen molar-refractivity contribution < 1.29 is 0 Å².